The van der Waals surface area contributed by atoms with E-state index in [4.69, 9.17) is 0 Å². The summed E-state index contributed by atoms with van der Waals surface area (Å²) in [5.74, 6) is 1.07. The van der Waals surface area contributed by atoms with E-state index in [1.54, 1.807) is 0 Å². The fourth-order valence-electron chi connectivity index (χ4n) is 2.91. The van der Waals surface area contributed by atoms with E-state index in [9.17, 15) is 4.79 Å². The Morgan fingerprint density at radius 3 is 2.71 bits per heavy atom. The van der Waals surface area contributed by atoms with Crippen molar-refractivity contribution in [1.29, 1.82) is 0 Å². The minimum Gasteiger partial charge on any atom is -0.300 e. The Labute approximate surface area is 86.6 Å². The van der Waals surface area contributed by atoms with Gasteiger partial charge in [0, 0.05) is 12.8 Å². The molecule has 0 radical (unpaired) electrons. The van der Waals surface area contributed by atoms with Crippen molar-refractivity contribution in [3.05, 3.63) is 12.2 Å². The van der Waals surface area contributed by atoms with Crippen LogP contribution in [0.4, 0.5) is 0 Å². The quantitative estimate of drug-likeness (QED) is 0.538. The molecule has 0 N–H and O–H groups in total. The molecule has 0 amide bonds. The zero-order valence-electron chi connectivity index (χ0n) is 9.47. The Hall–Kier alpha value is -0.590. The number of hydrogen-bond acceptors (Lipinski definition) is 1. The fraction of sp³-hybridized carbons (Fsp3) is 0.769. The van der Waals surface area contributed by atoms with E-state index in [0.29, 0.717) is 17.1 Å². The molecule has 2 atom stereocenters. The lowest BCUT2D eigenvalue weighted by Gasteiger charge is -2.43. The van der Waals surface area contributed by atoms with Gasteiger partial charge in [0.25, 0.3) is 0 Å². The lowest BCUT2D eigenvalue weighted by Crippen LogP contribution is -2.37. The van der Waals surface area contributed by atoms with Crippen LogP contribution < -0.4 is 0 Å². The first-order chi connectivity index (χ1) is 6.46. The van der Waals surface area contributed by atoms with E-state index in [2.05, 4.69) is 32.9 Å². The first kappa shape index (κ1) is 9.95. The van der Waals surface area contributed by atoms with Gasteiger partial charge in [0.1, 0.15) is 5.78 Å². The Morgan fingerprint density at radius 2 is 2.00 bits per heavy atom. The molecule has 0 spiro atoms. The zero-order chi connectivity index (χ0) is 10.4. The molecule has 0 unspecified atom stereocenters. The predicted molar refractivity (Wildman–Crippen MR) is 58.0 cm³/mol. The van der Waals surface area contributed by atoms with E-state index in [1.165, 1.54) is 0 Å². The van der Waals surface area contributed by atoms with Crippen LogP contribution in [0, 0.1) is 16.7 Å². The van der Waals surface area contributed by atoms with Gasteiger partial charge in [-0.15, -0.1) is 0 Å². The van der Waals surface area contributed by atoms with Crippen molar-refractivity contribution in [2.75, 3.05) is 0 Å². The number of hydrogen-bond donors (Lipinski definition) is 0. The van der Waals surface area contributed by atoms with Gasteiger partial charge in [-0.05, 0) is 29.6 Å². The van der Waals surface area contributed by atoms with Gasteiger partial charge in [-0.25, -0.2) is 0 Å². The first-order valence-corrected chi connectivity index (χ1v) is 5.67. The summed E-state index contributed by atoms with van der Waals surface area (Å²) in [5.41, 5.74) is 0.585. The van der Waals surface area contributed by atoms with Crippen molar-refractivity contribution >= 4 is 5.78 Å². The summed E-state index contributed by atoms with van der Waals surface area (Å²) in [4.78, 5) is 11.5. The normalized spacial score (nSPS) is 40.8. The minimum absolute atomic E-state index is 0.244. The molecule has 0 saturated heterocycles. The minimum atomic E-state index is 0.244. The molecule has 1 heteroatoms. The predicted octanol–water partition coefficient (Wildman–Crippen LogP) is 3.35. The van der Waals surface area contributed by atoms with Crippen LogP contribution in [0.5, 0.6) is 0 Å². The highest BCUT2D eigenvalue weighted by atomic mass is 16.1. The van der Waals surface area contributed by atoms with Crippen molar-refractivity contribution < 1.29 is 4.79 Å². The molecular weight excluding hydrogens is 172 g/mol. The molecule has 0 heterocycles. The van der Waals surface area contributed by atoms with Gasteiger partial charge in [-0.2, -0.15) is 0 Å². The molecule has 0 aliphatic heterocycles. The maximum atomic E-state index is 11.5. The second-order valence-electron chi connectivity index (χ2n) is 5.68. The van der Waals surface area contributed by atoms with Crippen molar-refractivity contribution in [3.8, 4) is 0 Å². The van der Waals surface area contributed by atoms with Crippen molar-refractivity contribution in [3.63, 3.8) is 0 Å². The average Bonchev–Trinajstić information content (AvgIpc) is 2.37. The van der Waals surface area contributed by atoms with E-state index in [-0.39, 0.29) is 5.41 Å². The van der Waals surface area contributed by atoms with Gasteiger partial charge in [0.15, 0.2) is 0 Å². The van der Waals surface area contributed by atoms with Crippen molar-refractivity contribution in [2.45, 2.75) is 46.5 Å². The number of carbonyl (C=O) groups excluding carboxylic acids is 1. The Balaban J connectivity index is 2.30. The molecule has 78 valence electrons. The molecule has 0 aromatic heterocycles. The van der Waals surface area contributed by atoms with Crippen LogP contribution in [-0.4, -0.2) is 5.78 Å². The Morgan fingerprint density at radius 1 is 1.29 bits per heavy atom. The summed E-state index contributed by atoms with van der Waals surface area (Å²) in [6.07, 6.45) is 8.35. The second-order valence-corrected chi connectivity index (χ2v) is 5.68. The van der Waals surface area contributed by atoms with Gasteiger partial charge in [0.2, 0.25) is 0 Å². The monoisotopic (exact) mass is 192 g/mol. The van der Waals surface area contributed by atoms with Crippen LogP contribution >= 0.6 is 0 Å². The van der Waals surface area contributed by atoms with Crippen LogP contribution in [0.1, 0.15) is 46.5 Å². The van der Waals surface area contributed by atoms with Crippen LogP contribution in [-0.2, 0) is 4.79 Å². The third-order valence-corrected chi connectivity index (χ3v) is 4.75. The summed E-state index contributed by atoms with van der Waals surface area (Å²) in [5, 5.41) is 0. The molecule has 1 fully saturated rings. The molecule has 2 rings (SSSR count). The van der Waals surface area contributed by atoms with Gasteiger partial charge in [-0.1, -0.05) is 32.9 Å². The van der Waals surface area contributed by atoms with Crippen LogP contribution in [0.15, 0.2) is 12.2 Å². The molecule has 1 saturated carbocycles. The standard InChI is InChI=1S/C13H20O/c1-12(2)10-4-5-11(14)7-9-13(12,3)8-6-10/h6,8,10H,4-5,7,9H2,1-3H3/t10-,13-/m1/s1. The highest BCUT2D eigenvalue weighted by molar-refractivity contribution is 5.78. The Bertz CT molecular complexity index is 288. The third kappa shape index (κ3) is 1.25. The molecule has 2 aliphatic carbocycles. The lowest BCUT2D eigenvalue weighted by molar-refractivity contribution is -0.121. The molecular formula is C13H20O. The molecule has 0 aromatic rings. The third-order valence-electron chi connectivity index (χ3n) is 4.75. The van der Waals surface area contributed by atoms with Crippen LogP contribution in [0.2, 0.25) is 0 Å². The second kappa shape index (κ2) is 2.95. The summed E-state index contributed by atoms with van der Waals surface area (Å²) in [6.45, 7) is 7.02. The molecule has 0 aromatic carbocycles. The SMILES string of the molecule is CC1(C)[C@H]2C=C[C@]1(C)CCC(=O)CC2. The number of fused-ring (bicyclic) bond motifs is 2. The number of rotatable bonds is 0. The van der Waals surface area contributed by atoms with Crippen LogP contribution in [0.3, 0.4) is 0 Å². The fourth-order valence-corrected chi connectivity index (χ4v) is 2.91. The number of allylic oxidation sites excluding steroid dienone is 2. The van der Waals surface area contributed by atoms with Gasteiger partial charge < -0.3 is 0 Å². The highest BCUT2D eigenvalue weighted by Crippen LogP contribution is 2.56. The Kier molecular flexibility index (Phi) is 2.09. The summed E-state index contributed by atoms with van der Waals surface area (Å²) >= 11 is 0. The lowest BCUT2D eigenvalue weighted by atomic mass is 9.61. The first-order valence-electron chi connectivity index (χ1n) is 5.67. The maximum absolute atomic E-state index is 11.5. The van der Waals surface area contributed by atoms with E-state index < -0.39 is 0 Å². The van der Waals surface area contributed by atoms with E-state index in [1.807, 2.05) is 0 Å². The summed E-state index contributed by atoms with van der Waals surface area (Å²) < 4.78 is 0. The van der Waals surface area contributed by atoms with E-state index in [0.717, 1.165) is 25.7 Å². The van der Waals surface area contributed by atoms with Crippen molar-refractivity contribution in [2.24, 2.45) is 16.7 Å². The van der Waals surface area contributed by atoms with E-state index >= 15 is 0 Å². The highest BCUT2D eigenvalue weighted by Gasteiger charge is 2.48. The van der Waals surface area contributed by atoms with Crippen LogP contribution in [0.25, 0.3) is 0 Å². The summed E-state index contributed by atoms with van der Waals surface area (Å²) in [6, 6.07) is 0. The molecule has 1 nitrogen and oxygen atoms in total. The molecule has 14 heavy (non-hydrogen) atoms. The number of carbonyl (C=O) groups is 1. The topological polar surface area (TPSA) is 17.1 Å². The summed E-state index contributed by atoms with van der Waals surface area (Å²) in [7, 11) is 0. The smallest absolute Gasteiger partial charge is 0.132 e. The number of ketones is 1. The average molecular weight is 192 g/mol. The van der Waals surface area contributed by atoms with Gasteiger partial charge in [0.05, 0.1) is 0 Å². The molecule has 2 bridgehead atoms. The molecule has 2 aliphatic rings. The zero-order valence-corrected chi connectivity index (χ0v) is 9.47. The van der Waals surface area contributed by atoms with Gasteiger partial charge >= 0.3 is 0 Å². The van der Waals surface area contributed by atoms with Crippen molar-refractivity contribution in [1.82, 2.24) is 0 Å². The number of Topliss-reactive ketones (excluding diaryl/α,β-unsaturated/α-hetero) is 1. The maximum Gasteiger partial charge on any atom is 0.132 e. The largest absolute Gasteiger partial charge is 0.300 e. The van der Waals surface area contributed by atoms with Gasteiger partial charge in [-0.3, -0.25) is 4.79 Å².